The van der Waals surface area contributed by atoms with Crippen molar-refractivity contribution in [2.24, 2.45) is 35.0 Å². The third-order valence-corrected chi connectivity index (χ3v) is 9.09. The van der Waals surface area contributed by atoms with Crippen LogP contribution in [0.2, 0.25) is 0 Å². The van der Waals surface area contributed by atoms with E-state index < -0.39 is 5.60 Å². The second-order valence-corrected chi connectivity index (χ2v) is 10.9. The fraction of sp³-hybridized carbons (Fsp3) is 0.792. The molecule has 0 amide bonds. The van der Waals surface area contributed by atoms with Gasteiger partial charge in [-0.3, -0.25) is 9.48 Å². The molecule has 1 aromatic rings. The Labute approximate surface area is 178 Å². The van der Waals surface area contributed by atoms with Gasteiger partial charge in [0.1, 0.15) is 18.7 Å². The number of nitrogens with zero attached hydrogens (tertiary/aromatic N) is 3. The summed E-state index contributed by atoms with van der Waals surface area (Å²) in [5.74, 6) is 3.28. The molecule has 0 bridgehead atoms. The summed E-state index contributed by atoms with van der Waals surface area (Å²) in [6.45, 7) is 5.13. The first-order valence-corrected chi connectivity index (χ1v) is 11.6. The molecule has 1 saturated heterocycles. The van der Waals surface area contributed by atoms with E-state index in [0.29, 0.717) is 29.9 Å². The lowest BCUT2D eigenvalue weighted by atomic mass is 9.49. The topological polar surface area (TPSA) is 88.1 Å². The predicted molar refractivity (Wildman–Crippen MR) is 110 cm³/mol. The molecule has 4 aliphatic rings. The van der Waals surface area contributed by atoms with Crippen molar-refractivity contribution < 1.29 is 14.6 Å². The van der Waals surface area contributed by atoms with Crippen LogP contribution >= 0.6 is 0 Å². The zero-order valence-electron chi connectivity index (χ0n) is 18.1. The lowest BCUT2D eigenvalue weighted by molar-refractivity contribution is -0.136. The van der Waals surface area contributed by atoms with E-state index in [1.807, 2.05) is 6.92 Å². The standard InChI is InChI=1S/C24H33N3O3/c1-23(29)7-5-17-16(9-23)3-4-19-18(17)6-8-24(2)20(19)14-30-22(24)21(28)13-27-12-15(10-25)11-26-27/h11-12,16-20,22,29H,3-9,13-14H2,1-2H3/t16-,17+,18-,19-,20+,22-,23-,24+/m1/s1. The van der Waals surface area contributed by atoms with Crippen LogP contribution in [0.4, 0.5) is 0 Å². The van der Waals surface area contributed by atoms with Gasteiger partial charge in [-0.15, -0.1) is 0 Å². The number of hydrogen-bond acceptors (Lipinski definition) is 5. The molecular formula is C24H33N3O3. The smallest absolute Gasteiger partial charge is 0.183 e. The SMILES string of the molecule is C[C@@]1(O)CC[C@H]2[C@H](CC[C@@H]3[C@@H]2CC[C@]2(C)[C@@H](C(=O)Cn4cc(C#N)cn4)OC[C@@H]32)C1. The first-order valence-electron chi connectivity index (χ1n) is 11.6. The van der Waals surface area contributed by atoms with Crippen molar-refractivity contribution in [3.63, 3.8) is 0 Å². The third kappa shape index (κ3) is 3.22. The van der Waals surface area contributed by atoms with E-state index in [9.17, 15) is 9.90 Å². The Kier molecular flexibility index (Phi) is 4.83. The number of nitriles is 1. The molecule has 162 valence electrons. The minimum atomic E-state index is -0.483. The van der Waals surface area contributed by atoms with E-state index >= 15 is 0 Å². The molecule has 8 atom stereocenters. The van der Waals surface area contributed by atoms with Crippen LogP contribution in [0.3, 0.4) is 0 Å². The van der Waals surface area contributed by atoms with Gasteiger partial charge >= 0.3 is 0 Å². The van der Waals surface area contributed by atoms with Crippen molar-refractivity contribution in [2.45, 2.75) is 77.0 Å². The third-order valence-electron chi connectivity index (χ3n) is 9.09. The van der Waals surface area contributed by atoms with Gasteiger partial charge < -0.3 is 9.84 Å². The predicted octanol–water partition coefficient (Wildman–Crippen LogP) is 3.33. The summed E-state index contributed by atoms with van der Waals surface area (Å²) in [6, 6.07) is 2.06. The van der Waals surface area contributed by atoms with Crippen LogP contribution in [-0.4, -0.2) is 39.0 Å². The van der Waals surface area contributed by atoms with Gasteiger partial charge in [0.25, 0.3) is 0 Å². The first kappa shape index (κ1) is 20.2. The fourth-order valence-corrected chi connectivity index (χ4v) is 7.67. The van der Waals surface area contributed by atoms with E-state index in [2.05, 4.69) is 18.1 Å². The molecular weight excluding hydrogens is 378 g/mol. The summed E-state index contributed by atoms with van der Waals surface area (Å²) in [6.07, 6.45) is 10.4. The zero-order chi connectivity index (χ0) is 21.1. The molecule has 5 rings (SSSR count). The normalized spacial score (nSPS) is 45.1. The number of ether oxygens (including phenoxy) is 1. The molecule has 0 unspecified atom stereocenters. The van der Waals surface area contributed by atoms with Crippen molar-refractivity contribution in [3.05, 3.63) is 18.0 Å². The molecule has 3 saturated carbocycles. The zero-order valence-corrected chi connectivity index (χ0v) is 18.1. The van der Waals surface area contributed by atoms with Crippen LogP contribution < -0.4 is 0 Å². The van der Waals surface area contributed by atoms with Gasteiger partial charge in [0.05, 0.1) is 24.0 Å². The molecule has 1 aromatic heterocycles. The number of carbonyl (C=O) groups excluding carboxylic acids is 1. The summed E-state index contributed by atoms with van der Waals surface area (Å²) >= 11 is 0. The maximum atomic E-state index is 13.1. The van der Waals surface area contributed by atoms with Gasteiger partial charge in [0.15, 0.2) is 5.78 Å². The Hall–Kier alpha value is -1.71. The highest BCUT2D eigenvalue weighted by Crippen LogP contribution is 2.61. The number of aliphatic hydroxyl groups is 1. The van der Waals surface area contributed by atoms with E-state index in [0.717, 1.165) is 37.5 Å². The molecule has 2 heterocycles. The number of fused-ring (bicyclic) bond motifs is 5. The van der Waals surface area contributed by atoms with Crippen molar-refractivity contribution in [1.29, 1.82) is 5.26 Å². The highest BCUT2D eigenvalue weighted by molar-refractivity contribution is 5.84. The number of hydrogen-bond donors (Lipinski definition) is 1. The highest BCUT2D eigenvalue weighted by Gasteiger charge is 2.59. The minimum Gasteiger partial charge on any atom is -0.390 e. The molecule has 4 fully saturated rings. The molecule has 1 aliphatic heterocycles. The van der Waals surface area contributed by atoms with Gasteiger partial charge in [-0.1, -0.05) is 6.92 Å². The summed E-state index contributed by atoms with van der Waals surface area (Å²) in [5.41, 5.74) is -0.109. The lowest BCUT2D eigenvalue weighted by Crippen LogP contribution is -2.52. The molecule has 0 spiro atoms. The van der Waals surface area contributed by atoms with Crippen molar-refractivity contribution in [1.82, 2.24) is 9.78 Å². The quantitative estimate of drug-likeness (QED) is 0.824. The lowest BCUT2D eigenvalue weighted by Gasteiger charge is -2.56. The van der Waals surface area contributed by atoms with Gasteiger partial charge in [-0.05, 0) is 81.5 Å². The number of rotatable bonds is 3. The Morgan fingerprint density at radius 2 is 2.07 bits per heavy atom. The second kappa shape index (κ2) is 7.17. The van der Waals surface area contributed by atoms with E-state index in [4.69, 9.17) is 10.00 Å². The summed E-state index contributed by atoms with van der Waals surface area (Å²) in [4.78, 5) is 13.1. The fourth-order valence-electron chi connectivity index (χ4n) is 7.67. The maximum absolute atomic E-state index is 13.1. The minimum absolute atomic E-state index is 0.0773. The van der Waals surface area contributed by atoms with Gasteiger partial charge in [-0.2, -0.15) is 10.4 Å². The largest absolute Gasteiger partial charge is 0.390 e. The number of Topliss-reactive ketones (excluding diaryl/α,β-unsaturated/α-hetero) is 1. The highest BCUT2D eigenvalue weighted by atomic mass is 16.5. The Morgan fingerprint density at radius 1 is 1.27 bits per heavy atom. The van der Waals surface area contributed by atoms with Crippen molar-refractivity contribution >= 4 is 5.78 Å². The van der Waals surface area contributed by atoms with E-state index in [1.165, 1.54) is 25.5 Å². The van der Waals surface area contributed by atoms with Crippen molar-refractivity contribution in [2.75, 3.05) is 6.61 Å². The molecule has 6 nitrogen and oxygen atoms in total. The summed E-state index contributed by atoms with van der Waals surface area (Å²) in [7, 11) is 0. The summed E-state index contributed by atoms with van der Waals surface area (Å²) < 4.78 is 7.75. The van der Waals surface area contributed by atoms with Crippen LogP contribution in [0.1, 0.15) is 64.4 Å². The molecule has 6 heteroatoms. The Balaban J connectivity index is 1.30. The molecule has 30 heavy (non-hydrogen) atoms. The monoisotopic (exact) mass is 411 g/mol. The summed E-state index contributed by atoms with van der Waals surface area (Å²) in [5, 5.41) is 23.7. The van der Waals surface area contributed by atoms with Crippen LogP contribution in [0.25, 0.3) is 0 Å². The Morgan fingerprint density at radius 3 is 2.83 bits per heavy atom. The average molecular weight is 412 g/mol. The molecule has 1 N–H and O–H groups in total. The molecule has 0 radical (unpaired) electrons. The van der Waals surface area contributed by atoms with Crippen LogP contribution in [-0.2, 0) is 16.1 Å². The molecule has 0 aromatic carbocycles. The van der Waals surface area contributed by atoms with E-state index in [-0.39, 0.29) is 23.8 Å². The maximum Gasteiger partial charge on any atom is 0.183 e. The van der Waals surface area contributed by atoms with Crippen molar-refractivity contribution in [3.8, 4) is 6.07 Å². The number of carbonyl (C=O) groups is 1. The van der Waals surface area contributed by atoms with Crippen LogP contribution in [0.15, 0.2) is 12.4 Å². The second-order valence-electron chi connectivity index (χ2n) is 10.9. The molecule has 3 aliphatic carbocycles. The Bertz CT molecular complexity index is 871. The average Bonchev–Trinajstić information content (AvgIpc) is 3.30. The van der Waals surface area contributed by atoms with Crippen LogP contribution in [0.5, 0.6) is 0 Å². The van der Waals surface area contributed by atoms with Gasteiger partial charge in [-0.25, -0.2) is 0 Å². The number of ketones is 1. The van der Waals surface area contributed by atoms with Gasteiger partial charge in [0.2, 0.25) is 0 Å². The van der Waals surface area contributed by atoms with Crippen LogP contribution in [0, 0.1) is 46.3 Å². The van der Waals surface area contributed by atoms with E-state index in [1.54, 1.807) is 10.9 Å². The van der Waals surface area contributed by atoms with Gasteiger partial charge in [0, 0.05) is 11.6 Å². The first-order chi connectivity index (χ1) is 14.3. The number of aromatic nitrogens is 2.